The van der Waals surface area contributed by atoms with E-state index in [-0.39, 0.29) is 23.7 Å². The second-order valence-electron chi connectivity index (χ2n) is 7.68. The SMILES string of the molecule is CN1CCN(C(=O)C2CC2C(=O)Nc2ccccc2N2CCOCC2)CC1. The van der Waals surface area contributed by atoms with Gasteiger partial charge >= 0.3 is 0 Å². The Morgan fingerprint density at radius 2 is 1.70 bits per heavy atom. The Morgan fingerprint density at radius 1 is 1.00 bits per heavy atom. The second kappa shape index (κ2) is 7.86. The highest BCUT2D eigenvalue weighted by molar-refractivity contribution is 6.01. The van der Waals surface area contributed by atoms with Crippen molar-refractivity contribution in [2.75, 3.05) is 69.7 Å². The highest BCUT2D eigenvalue weighted by Gasteiger charge is 2.49. The molecule has 1 aliphatic carbocycles. The van der Waals surface area contributed by atoms with Gasteiger partial charge in [-0.3, -0.25) is 9.59 Å². The zero-order valence-corrected chi connectivity index (χ0v) is 15.9. The molecule has 0 radical (unpaired) electrons. The summed E-state index contributed by atoms with van der Waals surface area (Å²) in [7, 11) is 2.07. The molecular weight excluding hydrogens is 344 g/mol. The molecule has 0 bridgehead atoms. The molecule has 3 fully saturated rings. The van der Waals surface area contributed by atoms with Gasteiger partial charge in [0.2, 0.25) is 11.8 Å². The van der Waals surface area contributed by atoms with E-state index in [2.05, 4.69) is 22.2 Å². The summed E-state index contributed by atoms with van der Waals surface area (Å²) in [6, 6.07) is 7.87. The van der Waals surface area contributed by atoms with Crippen LogP contribution in [0, 0.1) is 11.8 Å². The fourth-order valence-corrected chi connectivity index (χ4v) is 3.90. The molecule has 0 aromatic heterocycles. The van der Waals surface area contributed by atoms with E-state index in [0.717, 1.165) is 50.6 Å². The lowest BCUT2D eigenvalue weighted by atomic mass is 10.2. The summed E-state index contributed by atoms with van der Waals surface area (Å²) >= 11 is 0. The first-order chi connectivity index (χ1) is 13.1. The second-order valence-corrected chi connectivity index (χ2v) is 7.68. The van der Waals surface area contributed by atoms with Gasteiger partial charge in [0.1, 0.15) is 0 Å². The molecule has 2 unspecified atom stereocenters. The number of nitrogens with one attached hydrogen (secondary N) is 1. The Hall–Kier alpha value is -2.12. The minimum atomic E-state index is -0.199. The van der Waals surface area contributed by atoms with Gasteiger partial charge < -0.3 is 24.8 Å². The molecule has 0 spiro atoms. The number of rotatable bonds is 4. The van der Waals surface area contributed by atoms with Crippen LogP contribution in [0.3, 0.4) is 0 Å². The smallest absolute Gasteiger partial charge is 0.228 e. The van der Waals surface area contributed by atoms with Crippen molar-refractivity contribution in [2.45, 2.75) is 6.42 Å². The fourth-order valence-electron chi connectivity index (χ4n) is 3.90. The lowest BCUT2D eigenvalue weighted by Crippen LogP contribution is -2.48. The van der Waals surface area contributed by atoms with E-state index in [1.54, 1.807) is 0 Å². The topological polar surface area (TPSA) is 65.1 Å². The predicted molar refractivity (Wildman–Crippen MR) is 104 cm³/mol. The number of para-hydroxylation sites is 2. The summed E-state index contributed by atoms with van der Waals surface area (Å²) in [5.41, 5.74) is 1.85. The van der Waals surface area contributed by atoms with Gasteiger partial charge in [-0.15, -0.1) is 0 Å². The van der Waals surface area contributed by atoms with Crippen molar-refractivity contribution in [1.82, 2.24) is 9.80 Å². The van der Waals surface area contributed by atoms with E-state index in [1.165, 1.54) is 0 Å². The van der Waals surface area contributed by atoms with Crippen LogP contribution in [0.5, 0.6) is 0 Å². The lowest BCUT2D eigenvalue weighted by Gasteiger charge is -2.32. The molecule has 2 aliphatic heterocycles. The molecule has 27 heavy (non-hydrogen) atoms. The summed E-state index contributed by atoms with van der Waals surface area (Å²) < 4.78 is 5.42. The molecular formula is C20H28N4O3. The van der Waals surface area contributed by atoms with Crippen molar-refractivity contribution in [2.24, 2.45) is 11.8 Å². The van der Waals surface area contributed by atoms with Gasteiger partial charge in [-0.2, -0.15) is 0 Å². The third kappa shape index (κ3) is 4.09. The Labute approximate surface area is 160 Å². The van der Waals surface area contributed by atoms with Crippen LogP contribution < -0.4 is 10.2 Å². The van der Waals surface area contributed by atoms with Gasteiger partial charge in [-0.05, 0) is 25.6 Å². The summed E-state index contributed by atoms with van der Waals surface area (Å²) in [5.74, 6) is -0.244. The first-order valence-corrected chi connectivity index (χ1v) is 9.83. The number of ether oxygens (including phenoxy) is 1. The van der Waals surface area contributed by atoms with Crippen LogP contribution in [-0.4, -0.2) is 81.1 Å². The average Bonchev–Trinajstić information content (AvgIpc) is 3.50. The third-order valence-corrected chi connectivity index (χ3v) is 5.77. The Kier molecular flexibility index (Phi) is 5.31. The van der Waals surface area contributed by atoms with Gasteiger partial charge in [0.05, 0.1) is 36.4 Å². The molecule has 2 saturated heterocycles. The van der Waals surface area contributed by atoms with E-state index in [0.29, 0.717) is 19.6 Å². The summed E-state index contributed by atoms with van der Waals surface area (Å²) in [6.45, 7) is 6.38. The number of amides is 2. The fraction of sp³-hybridized carbons (Fsp3) is 0.600. The number of nitrogens with zero attached hydrogens (tertiary/aromatic N) is 3. The van der Waals surface area contributed by atoms with E-state index in [9.17, 15) is 9.59 Å². The Bertz CT molecular complexity index is 696. The van der Waals surface area contributed by atoms with Gasteiger partial charge in [0.15, 0.2) is 0 Å². The number of hydrogen-bond donors (Lipinski definition) is 1. The lowest BCUT2D eigenvalue weighted by molar-refractivity contribution is -0.135. The van der Waals surface area contributed by atoms with Crippen LogP contribution in [0.2, 0.25) is 0 Å². The van der Waals surface area contributed by atoms with E-state index in [4.69, 9.17) is 4.74 Å². The number of anilines is 2. The number of carbonyl (C=O) groups excluding carboxylic acids is 2. The number of morpholine rings is 1. The van der Waals surface area contributed by atoms with Crippen molar-refractivity contribution in [3.63, 3.8) is 0 Å². The van der Waals surface area contributed by atoms with Gasteiger partial charge in [0.25, 0.3) is 0 Å². The van der Waals surface area contributed by atoms with Crippen molar-refractivity contribution in [3.05, 3.63) is 24.3 Å². The van der Waals surface area contributed by atoms with E-state index < -0.39 is 0 Å². The predicted octanol–water partition coefficient (Wildman–Crippen LogP) is 0.872. The van der Waals surface area contributed by atoms with Crippen molar-refractivity contribution in [1.29, 1.82) is 0 Å². The average molecular weight is 372 g/mol. The maximum absolute atomic E-state index is 12.7. The first kappa shape index (κ1) is 18.3. The standard InChI is InChI=1S/C20H28N4O3/c1-22-6-8-24(9-7-22)20(26)16-14-15(16)19(25)21-17-4-2-3-5-18(17)23-10-12-27-13-11-23/h2-5,15-16H,6-14H2,1H3,(H,21,25). The molecule has 2 atom stereocenters. The largest absolute Gasteiger partial charge is 0.378 e. The van der Waals surface area contributed by atoms with Crippen molar-refractivity contribution in [3.8, 4) is 0 Å². The number of benzene rings is 1. The van der Waals surface area contributed by atoms with Crippen LogP contribution >= 0.6 is 0 Å². The van der Waals surface area contributed by atoms with Crippen molar-refractivity contribution < 1.29 is 14.3 Å². The van der Waals surface area contributed by atoms with Crippen LogP contribution in [-0.2, 0) is 14.3 Å². The van der Waals surface area contributed by atoms with Crippen LogP contribution in [0.15, 0.2) is 24.3 Å². The molecule has 7 nitrogen and oxygen atoms in total. The third-order valence-electron chi connectivity index (χ3n) is 5.77. The minimum absolute atomic E-state index is 0.0387. The van der Waals surface area contributed by atoms with E-state index in [1.807, 2.05) is 29.2 Å². The Morgan fingerprint density at radius 3 is 2.44 bits per heavy atom. The quantitative estimate of drug-likeness (QED) is 0.850. The number of piperazine rings is 1. The number of carbonyl (C=O) groups is 2. The number of likely N-dealkylation sites (N-methyl/N-ethyl adjacent to an activating group) is 1. The minimum Gasteiger partial charge on any atom is -0.378 e. The molecule has 3 aliphatic rings. The number of hydrogen-bond acceptors (Lipinski definition) is 5. The first-order valence-electron chi connectivity index (χ1n) is 9.83. The normalized spacial score (nSPS) is 26.0. The monoisotopic (exact) mass is 372 g/mol. The molecule has 7 heteroatoms. The van der Waals surface area contributed by atoms with Crippen molar-refractivity contribution >= 4 is 23.2 Å². The summed E-state index contributed by atoms with van der Waals surface area (Å²) in [6.07, 6.45) is 0.663. The molecule has 1 aromatic rings. The van der Waals surface area contributed by atoms with Crippen LogP contribution in [0.25, 0.3) is 0 Å². The maximum Gasteiger partial charge on any atom is 0.228 e. The zero-order chi connectivity index (χ0) is 18.8. The molecule has 2 amide bonds. The maximum atomic E-state index is 12.7. The summed E-state index contributed by atoms with van der Waals surface area (Å²) in [5, 5.41) is 3.06. The molecule has 146 valence electrons. The van der Waals surface area contributed by atoms with Crippen LogP contribution in [0.1, 0.15) is 6.42 Å². The van der Waals surface area contributed by atoms with Gasteiger partial charge in [-0.1, -0.05) is 12.1 Å². The molecule has 1 N–H and O–H groups in total. The zero-order valence-electron chi connectivity index (χ0n) is 15.9. The summed E-state index contributed by atoms with van der Waals surface area (Å²) in [4.78, 5) is 31.8. The molecule has 1 saturated carbocycles. The Balaban J connectivity index is 1.36. The molecule has 2 heterocycles. The molecule has 4 rings (SSSR count). The van der Waals surface area contributed by atoms with E-state index >= 15 is 0 Å². The highest BCUT2D eigenvalue weighted by atomic mass is 16.5. The highest BCUT2D eigenvalue weighted by Crippen LogP contribution is 2.41. The van der Waals surface area contributed by atoms with Gasteiger partial charge in [0, 0.05) is 39.3 Å². The molecule has 1 aromatic carbocycles. The van der Waals surface area contributed by atoms with Crippen LogP contribution in [0.4, 0.5) is 11.4 Å². The van der Waals surface area contributed by atoms with Gasteiger partial charge in [-0.25, -0.2) is 0 Å².